The molecule has 5 nitrogen and oxygen atoms in total. The van der Waals surface area contributed by atoms with Crippen molar-refractivity contribution in [1.29, 1.82) is 0 Å². The van der Waals surface area contributed by atoms with Gasteiger partial charge in [-0.3, -0.25) is 4.79 Å². The summed E-state index contributed by atoms with van der Waals surface area (Å²) in [5.41, 5.74) is 14.3. The summed E-state index contributed by atoms with van der Waals surface area (Å²) in [4.78, 5) is 11.0. The Balaban J connectivity index is 2.45. The molecule has 1 aromatic carbocycles. The Morgan fingerprint density at radius 3 is 2.78 bits per heavy atom. The van der Waals surface area contributed by atoms with E-state index in [2.05, 4.69) is 11.2 Å². The third-order valence-electron chi connectivity index (χ3n) is 2.74. The van der Waals surface area contributed by atoms with Gasteiger partial charge < -0.3 is 11.5 Å². The first-order valence-electron chi connectivity index (χ1n) is 5.77. The number of amides is 1. The van der Waals surface area contributed by atoms with Crippen LogP contribution in [0.2, 0.25) is 0 Å². The molecule has 5 heteroatoms. The maximum absolute atomic E-state index is 11.0. The molecule has 1 aromatic heterocycles. The fourth-order valence-electron chi connectivity index (χ4n) is 1.88. The Morgan fingerprint density at radius 1 is 1.39 bits per heavy atom. The number of primary amides is 1. The van der Waals surface area contributed by atoms with Crippen LogP contribution in [0.1, 0.15) is 21.6 Å². The summed E-state index contributed by atoms with van der Waals surface area (Å²) < 4.78 is 1.66. The van der Waals surface area contributed by atoms with Crippen molar-refractivity contribution in [3.05, 3.63) is 47.3 Å². The predicted molar refractivity (Wildman–Crippen MR) is 69.6 cm³/mol. The average Bonchev–Trinajstić information content (AvgIpc) is 2.79. The second kappa shape index (κ2) is 5.01. The topological polar surface area (TPSA) is 86.9 Å². The molecule has 4 N–H and O–H groups in total. The molecular weight excluding hydrogens is 228 g/mol. The van der Waals surface area contributed by atoms with Crippen LogP contribution in [0.5, 0.6) is 0 Å². The van der Waals surface area contributed by atoms with E-state index < -0.39 is 5.91 Å². The first-order valence-corrected chi connectivity index (χ1v) is 5.77. The average molecular weight is 244 g/mol. The fraction of sp³-hybridized carbons (Fsp3) is 0.231. The number of hydrogen-bond acceptors (Lipinski definition) is 3. The second-order valence-electron chi connectivity index (χ2n) is 4.18. The number of rotatable bonds is 4. The third kappa shape index (κ3) is 2.41. The van der Waals surface area contributed by atoms with Crippen LogP contribution in [0.4, 0.5) is 0 Å². The van der Waals surface area contributed by atoms with Gasteiger partial charge in [0.25, 0.3) is 5.91 Å². The summed E-state index contributed by atoms with van der Waals surface area (Å²) in [6, 6.07) is 7.65. The number of carbonyl (C=O) groups is 1. The van der Waals surface area contributed by atoms with Gasteiger partial charge in [-0.1, -0.05) is 17.7 Å². The Labute approximate surface area is 105 Å². The van der Waals surface area contributed by atoms with Crippen LogP contribution in [0.15, 0.2) is 30.5 Å². The van der Waals surface area contributed by atoms with Crippen molar-refractivity contribution >= 4 is 5.91 Å². The summed E-state index contributed by atoms with van der Waals surface area (Å²) in [6.07, 6.45) is 2.49. The van der Waals surface area contributed by atoms with Crippen LogP contribution in [-0.4, -0.2) is 22.2 Å². The molecule has 0 atom stereocenters. The van der Waals surface area contributed by atoms with Crippen molar-refractivity contribution in [3.63, 3.8) is 0 Å². The lowest BCUT2D eigenvalue weighted by Gasteiger charge is -2.09. The summed E-state index contributed by atoms with van der Waals surface area (Å²) >= 11 is 0. The lowest BCUT2D eigenvalue weighted by molar-refractivity contribution is 0.0995. The molecule has 0 saturated heterocycles. The van der Waals surface area contributed by atoms with Gasteiger partial charge in [0.15, 0.2) is 0 Å². The van der Waals surface area contributed by atoms with Crippen molar-refractivity contribution in [2.45, 2.75) is 13.3 Å². The molecule has 94 valence electrons. The van der Waals surface area contributed by atoms with Crippen LogP contribution in [0, 0.1) is 6.92 Å². The first-order chi connectivity index (χ1) is 8.61. The highest BCUT2D eigenvalue weighted by Crippen LogP contribution is 2.16. The quantitative estimate of drug-likeness (QED) is 0.833. The molecule has 0 aliphatic rings. The number of hydrogen-bond donors (Lipinski definition) is 2. The summed E-state index contributed by atoms with van der Waals surface area (Å²) in [5, 5.41) is 4.15. The van der Waals surface area contributed by atoms with E-state index in [1.807, 2.05) is 19.1 Å². The zero-order valence-electron chi connectivity index (χ0n) is 10.3. The van der Waals surface area contributed by atoms with Gasteiger partial charge in [-0.05, 0) is 37.6 Å². The van der Waals surface area contributed by atoms with Gasteiger partial charge in [0.1, 0.15) is 5.69 Å². The third-order valence-corrected chi connectivity index (χ3v) is 2.74. The Morgan fingerprint density at radius 2 is 2.17 bits per heavy atom. The van der Waals surface area contributed by atoms with Gasteiger partial charge in [-0.15, -0.1) is 0 Å². The molecule has 0 saturated carbocycles. The largest absolute Gasteiger partial charge is 0.364 e. The molecule has 2 rings (SSSR count). The fourth-order valence-corrected chi connectivity index (χ4v) is 1.88. The summed E-state index contributed by atoms with van der Waals surface area (Å²) in [5.74, 6) is -0.527. The number of nitrogens with two attached hydrogens (primary N) is 2. The highest BCUT2D eigenvalue weighted by atomic mass is 16.1. The van der Waals surface area contributed by atoms with Crippen LogP contribution >= 0.6 is 0 Å². The van der Waals surface area contributed by atoms with E-state index in [1.54, 1.807) is 16.9 Å². The molecule has 2 aromatic rings. The maximum Gasteiger partial charge on any atom is 0.269 e. The van der Waals surface area contributed by atoms with E-state index >= 15 is 0 Å². The van der Waals surface area contributed by atoms with Crippen molar-refractivity contribution < 1.29 is 4.79 Å². The number of aryl methyl sites for hydroxylation is 1. The molecule has 0 radical (unpaired) electrons. The number of aromatic nitrogens is 2. The first kappa shape index (κ1) is 12.3. The number of carbonyl (C=O) groups excluding carboxylic acids is 1. The zero-order chi connectivity index (χ0) is 13.1. The number of benzene rings is 1. The molecule has 1 heterocycles. The lowest BCUT2D eigenvalue weighted by atomic mass is 10.1. The smallest absolute Gasteiger partial charge is 0.269 e. The van der Waals surface area contributed by atoms with Crippen molar-refractivity contribution in [1.82, 2.24) is 9.78 Å². The van der Waals surface area contributed by atoms with E-state index in [0.29, 0.717) is 6.54 Å². The molecule has 0 spiro atoms. The number of nitrogens with zero attached hydrogens (tertiary/aromatic N) is 2. The second-order valence-corrected chi connectivity index (χ2v) is 4.18. The molecule has 18 heavy (non-hydrogen) atoms. The molecule has 1 amide bonds. The predicted octanol–water partition coefficient (Wildman–Crippen LogP) is 0.781. The molecule has 0 aliphatic carbocycles. The monoisotopic (exact) mass is 244 g/mol. The minimum absolute atomic E-state index is 0.259. The van der Waals surface area contributed by atoms with E-state index in [0.717, 1.165) is 17.7 Å². The molecule has 0 bridgehead atoms. The van der Waals surface area contributed by atoms with E-state index in [1.165, 1.54) is 5.56 Å². The Bertz CT molecular complexity index is 574. The van der Waals surface area contributed by atoms with E-state index in [-0.39, 0.29) is 5.69 Å². The minimum Gasteiger partial charge on any atom is -0.364 e. The molecular formula is C13H16N4O. The van der Waals surface area contributed by atoms with E-state index in [9.17, 15) is 4.79 Å². The van der Waals surface area contributed by atoms with Crippen LogP contribution in [0.3, 0.4) is 0 Å². The maximum atomic E-state index is 11.0. The van der Waals surface area contributed by atoms with Crippen molar-refractivity contribution in [3.8, 4) is 5.69 Å². The Hall–Kier alpha value is -2.14. The van der Waals surface area contributed by atoms with Crippen molar-refractivity contribution in [2.24, 2.45) is 11.5 Å². The van der Waals surface area contributed by atoms with Crippen LogP contribution < -0.4 is 11.5 Å². The highest BCUT2D eigenvalue weighted by Gasteiger charge is 2.09. The molecule has 0 fully saturated rings. The highest BCUT2D eigenvalue weighted by molar-refractivity contribution is 5.90. The van der Waals surface area contributed by atoms with E-state index in [4.69, 9.17) is 11.5 Å². The van der Waals surface area contributed by atoms with Gasteiger partial charge in [0, 0.05) is 6.20 Å². The van der Waals surface area contributed by atoms with Gasteiger partial charge >= 0.3 is 0 Å². The van der Waals surface area contributed by atoms with Crippen molar-refractivity contribution in [2.75, 3.05) is 6.54 Å². The Kier molecular flexibility index (Phi) is 3.43. The standard InChI is InChI=1S/C13H16N4O/c1-9-2-3-12(10(8-9)4-6-14)17-7-5-11(16-17)13(15)18/h2-3,5,7-8H,4,6,14H2,1H3,(H2,15,18). The van der Waals surface area contributed by atoms with Gasteiger partial charge in [-0.25, -0.2) is 4.68 Å². The van der Waals surface area contributed by atoms with Gasteiger partial charge in [0.05, 0.1) is 5.69 Å². The summed E-state index contributed by atoms with van der Waals surface area (Å²) in [6.45, 7) is 2.60. The van der Waals surface area contributed by atoms with Crippen LogP contribution in [0.25, 0.3) is 5.69 Å². The molecule has 0 unspecified atom stereocenters. The zero-order valence-corrected chi connectivity index (χ0v) is 10.3. The summed E-state index contributed by atoms with van der Waals surface area (Å²) in [7, 11) is 0. The van der Waals surface area contributed by atoms with Gasteiger partial charge in [0.2, 0.25) is 0 Å². The van der Waals surface area contributed by atoms with Crippen LogP contribution in [-0.2, 0) is 6.42 Å². The normalized spacial score (nSPS) is 10.6. The SMILES string of the molecule is Cc1ccc(-n2ccc(C(N)=O)n2)c(CCN)c1. The minimum atomic E-state index is -0.527. The lowest BCUT2D eigenvalue weighted by Crippen LogP contribution is -2.13. The van der Waals surface area contributed by atoms with Gasteiger partial charge in [-0.2, -0.15) is 5.10 Å². The molecule has 0 aliphatic heterocycles.